The third-order valence-electron chi connectivity index (χ3n) is 8.43. The van der Waals surface area contributed by atoms with Crippen LogP contribution in [0.25, 0.3) is 0 Å². The molecule has 0 N–H and O–H groups in total. The minimum absolute atomic E-state index is 0.0643. The smallest absolute Gasteiger partial charge is 0.155 e. The summed E-state index contributed by atoms with van der Waals surface area (Å²) in [5.41, 5.74) is 0.699. The van der Waals surface area contributed by atoms with Crippen molar-refractivity contribution in [2.24, 2.45) is 34.5 Å². The van der Waals surface area contributed by atoms with Gasteiger partial charge in [-0.3, -0.25) is 9.59 Å². The molecule has 3 heteroatoms. The molecule has 3 saturated carbocycles. The second kappa shape index (κ2) is 5.25. The quantitative estimate of drug-likeness (QED) is 0.699. The third kappa shape index (κ3) is 2.05. The summed E-state index contributed by atoms with van der Waals surface area (Å²) in [5, 5.41) is 0. The Labute approximate surface area is 144 Å². The lowest BCUT2D eigenvalue weighted by molar-refractivity contribution is -0.129. The van der Waals surface area contributed by atoms with E-state index in [4.69, 9.17) is 0 Å². The number of alkyl halides is 1. The van der Waals surface area contributed by atoms with Gasteiger partial charge in [-0.2, -0.15) is 0 Å². The zero-order valence-electron chi connectivity index (χ0n) is 15.1. The first kappa shape index (κ1) is 16.5. The minimum atomic E-state index is -0.973. The first-order valence-corrected chi connectivity index (χ1v) is 9.67. The van der Waals surface area contributed by atoms with Crippen LogP contribution in [-0.4, -0.2) is 17.7 Å². The van der Waals surface area contributed by atoms with Crippen LogP contribution in [-0.2, 0) is 9.59 Å². The highest BCUT2D eigenvalue weighted by molar-refractivity contribution is 5.91. The predicted molar refractivity (Wildman–Crippen MR) is 91.2 cm³/mol. The van der Waals surface area contributed by atoms with Crippen LogP contribution in [0.2, 0.25) is 0 Å². The van der Waals surface area contributed by atoms with E-state index >= 15 is 4.39 Å². The lowest BCUT2D eigenvalue weighted by Gasteiger charge is -2.58. The Morgan fingerprint density at radius 1 is 1.17 bits per heavy atom. The highest BCUT2D eigenvalue weighted by Crippen LogP contribution is 2.66. The van der Waals surface area contributed by atoms with E-state index < -0.39 is 6.17 Å². The third-order valence-corrected chi connectivity index (χ3v) is 8.43. The second-order valence-corrected chi connectivity index (χ2v) is 9.35. The molecule has 0 saturated heterocycles. The number of fused-ring (bicyclic) bond motifs is 5. The van der Waals surface area contributed by atoms with Crippen molar-refractivity contribution in [3.05, 3.63) is 11.6 Å². The van der Waals surface area contributed by atoms with Crippen molar-refractivity contribution < 1.29 is 14.0 Å². The molecule has 0 bridgehead atoms. The van der Waals surface area contributed by atoms with Crippen LogP contribution < -0.4 is 0 Å². The molecule has 4 rings (SSSR count). The topological polar surface area (TPSA) is 34.1 Å². The molecule has 0 aromatic rings. The zero-order valence-corrected chi connectivity index (χ0v) is 15.1. The van der Waals surface area contributed by atoms with E-state index in [0.29, 0.717) is 36.4 Å². The van der Waals surface area contributed by atoms with Crippen LogP contribution in [0.3, 0.4) is 0 Å². The summed E-state index contributed by atoms with van der Waals surface area (Å²) >= 11 is 0. The van der Waals surface area contributed by atoms with Gasteiger partial charge >= 0.3 is 0 Å². The summed E-state index contributed by atoms with van der Waals surface area (Å²) in [5.74, 6) is 1.91. The molecule has 0 amide bonds. The number of rotatable bonds is 1. The summed E-state index contributed by atoms with van der Waals surface area (Å²) in [6.45, 7) is 6.23. The van der Waals surface area contributed by atoms with E-state index in [1.54, 1.807) is 13.0 Å². The second-order valence-electron chi connectivity index (χ2n) is 9.35. The Kier molecular flexibility index (Phi) is 3.61. The van der Waals surface area contributed by atoms with Crippen molar-refractivity contribution in [3.63, 3.8) is 0 Å². The van der Waals surface area contributed by atoms with Crippen molar-refractivity contribution in [3.8, 4) is 0 Å². The lowest BCUT2D eigenvalue weighted by Crippen LogP contribution is -2.53. The van der Waals surface area contributed by atoms with E-state index in [0.717, 1.165) is 37.7 Å². The molecule has 3 fully saturated rings. The molecular formula is C21H29FO2. The first-order chi connectivity index (χ1) is 11.3. The van der Waals surface area contributed by atoms with Gasteiger partial charge in [-0.05, 0) is 85.7 Å². The average Bonchev–Trinajstić information content (AvgIpc) is 2.87. The molecule has 2 nitrogen and oxygen atoms in total. The molecule has 4 aliphatic carbocycles. The van der Waals surface area contributed by atoms with Crippen molar-refractivity contribution in [2.75, 3.05) is 0 Å². The van der Waals surface area contributed by atoms with Gasteiger partial charge in [0.15, 0.2) is 5.78 Å². The average molecular weight is 332 g/mol. The highest BCUT2D eigenvalue weighted by atomic mass is 19.1. The molecule has 0 aromatic heterocycles. The standard InChI is InChI=1S/C21H29FO2/c1-12(23)15-4-5-16-14-11-19(22)18-10-13(24)6-8-21(18,3)17(14)7-9-20(15,16)2/h10,14-17,19H,4-9,11H2,1-3H3/t14-,15-,16+,17-,19-,20-,21+/m0/s1. The minimum Gasteiger partial charge on any atom is -0.300 e. The number of Topliss-reactive ketones (excluding diaryl/α,β-unsaturated/α-hetero) is 1. The van der Waals surface area contributed by atoms with Crippen LogP contribution in [0.4, 0.5) is 4.39 Å². The fraction of sp³-hybridized carbons (Fsp3) is 0.810. The van der Waals surface area contributed by atoms with Gasteiger partial charge in [0.05, 0.1) is 0 Å². The van der Waals surface area contributed by atoms with Crippen molar-refractivity contribution in [1.29, 1.82) is 0 Å². The van der Waals surface area contributed by atoms with Gasteiger partial charge in [0.25, 0.3) is 0 Å². The maximum atomic E-state index is 15.1. The number of carbonyl (C=O) groups excluding carboxylic acids is 2. The summed E-state index contributed by atoms with van der Waals surface area (Å²) in [7, 11) is 0. The zero-order chi connectivity index (χ0) is 17.3. The van der Waals surface area contributed by atoms with Gasteiger partial charge in [0, 0.05) is 12.3 Å². The number of ketones is 2. The van der Waals surface area contributed by atoms with Gasteiger partial charge in [-0.25, -0.2) is 4.39 Å². The summed E-state index contributed by atoms with van der Waals surface area (Å²) in [4.78, 5) is 24.0. The van der Waals surface area contributed by atoms with Crippen LogP contribution in [0.5, 0.6) is 0 Å². The van der Waals surface area contributed by atoms with E-state index in [9.17, 15) is 9.59 Å². The molecule has 0 radical (unpaired) electrons. The molecular weight excluding hydrogens is 303 g/mol. The van der Waals surface area contributed by atoms with Gasteiger partial charge < -0.3 is 0 Å². The number of allylic oxidation sites excluding steroid dienone is 1. The number of hydrogen-bond donors (Lipinski definition) is 0. The Hall–Kier alpha value is -0.990. The molecule has 0 aromatic carbocycles. The number of halogens is 1. The monoisotopic (exact) mass is 332 g/mol. The highest BCUT2D eigenvalue weighted by Gasteiger charge is 2.61. The molecule has 7 atom stereocenters. The number of carbonyl (C=O) groups is 2. The van der Waals surface area contributed by atoms with Crippen LogP contribution in [0.1, 0.15) is 65.7 Å². The predicted octanol–water partition coefficient (Wildman–Crippen LogP) is 4.67. The van der Waals surface area contributed by atoms with Gasteiger partial charge in [-0.1, -0.05) is 13.8 Å². The molecule has 0 heterocycles. The SMILES string of the molecule is CC(=O)[C@@H]1CC[C@@H]2[C@@H]3C[C@H](F)C4=CC(=O)CC[C@]4(C)[C@H]3CC[C@]21C. The van der Waals surface area contributed by atoms with Crippen molar-refractivity contribution >= 4 is 11.6 Å². The maximum absolute atomic E-state index is 15.1. The summed E-state index contributed by atoms with van der Waals surface area (Å²) in [6, 6.07) is 0. The Balaban J connectivity index is 1.71. The van der Waals surface area contributed by atoms with Gasteiger partial charge in [-0.15, -0.1) is 0 Å². The molecule has 24 heavy (non-hydrogen) atoms. The first-order valence-electron chi connectivity index (χ1n) is 9.67. The Morgan fingerprint density at radius 3 is 2.62 bits per heavy atom. The van der Waals surface area contributed by atoms with E-state index in [1.165, 1.54) is 0 Å². The molecule has 0 spiro atoms. The van der Waals surface area contributed by atoms with E-state index in [1.807, 2.05) is 0 Å². The lowest BCUT2D eigenvalue weighted by atomic mass is 9.46. The summed E-state index contributed by atoms with van der Waals surface area (Å²) in [6.07, 6.45) is 6.80. The van der Waals surface area contributed by atoms with E-state index in [-0.39, 0.29) is 22.5 Å². The fourth-order valence-electron chi connectivity index (χ4n) is 7.23. The molecule has 4 aliphatic rings. The Morgan fingerprint density at radius 2 is 1.92 bits per heavy atom. The Bertz CT molecular complexity index is 623. The largest absolute Gasteiger partial charge is 0.300 e. The van der Waals surface area contributed by atoms with Crippen LogP contribution >= 0.6 is 0 Å². The van der Waals surface area contributed by atoms with Gasteiger partial charge in [0.2, 0.25) is 0 Å². The fourth-order valence-corrected chi connectivity index (χ4v) is 7.23. The molecule has 0 aliphatic heterocycles. The van der Waals surface area contributed by atoms with E-state index in [2.05, 4.69) is 13.8 Å². The van der Waals surface area contributed by atoms with Gasteiger partial charge in [0.1, 0.15) is 12.0 Å². The maximum Gasteiger partial charge on any atom is 0.155 e. The van der Waals surface area contributed by atoms with Crippen LogP contribution in [0.15, 0.2) is 11.6 Å². The summed E-state index contributed by atoms with van der Waals surface area (Å²) < 4.78 is 15.1. The molecule has 132 valence electrons. The van der Waals surface area contributed by atoms with Crippen LogP contribution in [0, 0.1) is 34.5 Å². The number of hydrogen-bond acceptors (Lipinski definition) is 2. The van der Waals surface area contributed by atoms with Crippen molar-refractivity contribution in [2.45, 2.75) is 71.9 Å². The molecule has 0 unspecified atom stereocenters. The van der Waals surface area contributed by atoms with Crippen molar-refractivity contribution in [1.82, 2.24) is 0 Å². The normalized spacial score (nSPS) is 50.6.